The molecule has 0 aromatic heterocycles. The SMILES string of the molecule is CCCN1CC[C@@H](c2ccc(NS(=O)(=O)c3ccc(OCc4ccccc4)cc3)cc2)C1. The highest BCUT2D eigenvalue weighted by Gasteiger charge is 2.23. The van der Waals surface area contributed by atoms with Crippen LogP contribution in [-0.4, -0.2) is 33.0 Å². The van der Waals surface area contributed by atoms with Gasteiger partial charge in [-0.2, -0.15) is 0 Å². The van der Waals surface area contributed by atoms with Crippen molar-refractivity contribution < 1.29 is 13.2 Å². The second kappa shape index (κ2) is 10.2. The van der Waals surface area contributed by atoms with E-state index in [9.17, 15) is 8.42 Å². The minimum absolute atomic E-state index is 0.208. The van der Waals surface area contributed by atoms with Gasteiger partial charge in [0.15, 0.2) is 0 Å². The number of anilines is 1. The Balaban J connectivity index is 1.35. The molecule has 0 radical (unpaired) electrons. The van der Waals surface area contributed by atoms with Crippen molar-refractivity contribution in [3.63, 3.8) is 0 Å². The molecule has 6 heteroatoms. The fraction of sp³-hybridized carbons (Fsp3) is 0.308. The summed E-state index contributed by atoms with van der Waals surface area (Å²) >= 11 is 0. The maximum atomic E-state index is 12.8. The minimum Gasteiger partial charge on any atom is -0.489 e. The van der Waals surface area contributed by atoms with Crippen LogP contribution in [0.25, 0.3) is 0 Å². The molecule has 0 unspecified atom stereocenters. The topological polar surface area (TPSA) is 58.6 Å². The zero-order valence-corrected chi connectivity index (χ0v) is 19.2. The van der Waals surface area contributed by atoms with Gasteiger partial charge in [0.05, 0.1) is 4.90 Å². The van der Waals surface area contributed by atoms with Crippen LogP contribution >= 0.6 is 0 Å². The molecule has 1 aliphatic rings. The molecule has 1 aliphatic heterocycles. The summed E-state index contributed by atoms with van der Waals surface area (Å²) in [7, 11) is -3.66. The third-order valence-electron chi connectivity index (χ3n) is 5.83. The Morgan fingerprint density at radius 1 is 0.969 bits per heavy atom. The van der Waals surface area contributed by atoms with Gasteiger partial charge in [-0.1, -0.05) is 49.4 Å². The first-order valence-electron chi connectivity index (χ1n) is 11.2. The Kier molecular flexibility index (Phi) is 7.12. The van der Waals surface area contributed by atoms with Crippen LogP contribution in [0.1, 0.15) is 36.8 Å². The van der Waals surface area contributed by atoms with Crippen molar-refractivity contribution in [3.8, 4) is 5.75 Å². The maximum Gasteiger partial charge on any atom is 0.261 e. The fourth-order valence-corrected chi connectivity index (χ4v) is 5.18. The molecule has 3 aromatic carbocycles. The molecule has 1 N–H and O–H groups in total. The summed E-state index contributed by atoms with van der Waals surface area (Å²) in [6.07, 6.45) is 2.33. The van der Waals surface area contributed by atoms with Crippen LogP contribution in [0.15, 0.2) is 83.8 Å². The van der Waals surface area contributed by atoms with Crippen molar-refractivity contribution in [2.45, 2.75) is 37.2 Å². The Bertz CT molecular complexity index is 1100. The number of sulfonamides is 1. The largest absolute Gasteiger partial charge is 0.489 e. The smallest absolute Gasteiger partial charge is 0.261 e. The molecule has 0 spiro atoms. The lowest BCUT2D eigenvalue weighted by Crippen LogP contribution is -2.20. The van der Waals surface area contributed by atoms with E-state index in [0.29, 0.717) is 24.0 Å². The number of rotatable bonds is 9. The Labute approximate surface area is 191 Å². The molecule has 1 atom stereocenters. The van der Waals surface area contributed by atoms with Gasteiger partial charge in [0.25, 0.3) is 10.0 Å². The number of likely N-dealkylation sites (tertiary alicyclic amines) is 1. The second-order valence-corrected chi connectivity index (χ2v) is 9.94. The molecule has 168 valence electrons. The lowest BCUT2D eigenvalue weighted by molar-refractivity contribution is 0.306. The van der Waals surface area contributed by atoms with Crippen LogP contribution in [-0.2, 0) is 16.6 Å². The minimum atomic E-state index is -3.66. The average molecular weight is 451 g/mol. The standard InChI is InChI=1S/C26H30N2O3S/c1-2-17-28-18-16-23(19-28)22-8-10-24(11-9-22)27-32(29,30)26-14-12-25(13-15-26)31-20-21-6-4-3-5-7-21/h3-15,23,27H,2,16-20H2,1H3/t23-/m1/s1. The highest BCUT2D eigenvalue weighted by Crippen LogP contribution is 2.28. The van der Waals surface area contributed by atoms with Gasteiger partial charge in [0.1, 0.15) is 12.4 Å². The van der Waals surface area contributed by atoms with Gasteiger partial charge >= 0.3 is 0 Å². The molecular formula is C26H30N2O3S. The highest BCUT2D eigenvalue weighted by atomic mass is 32.2. The molecule has 0 aliphatic carbocycles. The van der Waals surface area contributed by atoms with Crippen LogP contribution in [0.2, 0.25) is 0 Å². The van der Waals surface area contributed by atoms with Crippen molar-refractivity contribution in [1.29, 1.82) is 0 Å². The van der Waals surface area contributed by atoms with Crippen molar-refractivity contribution in [2.75, 3.05) is 24.4 Å². The number of benzene rings is 3. The van der Waals surface area contributed by atoms with Gasteiger partial charge < -0.3 is 9.64 Å². The first kappa shape index (κ1) is 22.4. The molecular weight excluding hydrogens is 420 g/mol. The summed E-state index contributed by atoms with van der Waals surface area (Å²) < 4.78 is 34.0. The lowest BCUT2D eigenvalue weighted by Gasteiger charge is -2.15. The van der Waals surface area contributed by atoms with E-state index in [2.05, 4.69) is 16.5 Å². The average Bonchev–Trinajstić information content (AvgIpc) is 3.28. The van der Waals surface area contributed by atoms with Crippen molar-refractivity contribution >= 4 is 15.7 Å². The van der Waals surface area contributed by atoms with Crippen LogP contribution in [0.3, 0.4) is 0 Å². The van der Waals surface area contributed by atoms with E-state index >= 15 is 0 Å². The zero-order chi connectivity index (χ0) is 22.4. The van der Waals surface area contributed by atoms with Gasteiger partial charge in [-0.15, -0.1) is 0 Å². The van der Waals surface area contributed by atoms with Crippen molar-refractivity contribution in [3.05, 3.63) is 90.0 Å². The van der Waals surface area contributed by atoms with E-state index in [1.165, 1.54) is 12.0 Å². The molecule has 1 heterocycles. The van der Waals surface area contributed by atoms with E-state index in [-0.39, 0.29) is 4.90 Å². The van der Waals surface area contributed by atoms with E-state index in [4.69, 9.17) is 4.74 Å². The molecule has 0 amide bonds. The van der Waals surface area contributed by atoms with Crippen LogP contribution in [0.5, 0.6) is 5.75 Å². The molecule has 32 heavy (non-hydrogen) atoms. The van der Waals surface area contributed by atoms with E-state index in [1.807, 2.05) is 54.6 Å². The fourth-order valence-electron chi connectivity index (χ4n) is 4.12. The monoisotopic (exact) mass is 450 g/mol. The number of hydrogen-bond acceptors (Lipinski definition) is 4. The third kappa shape index (κ3) is 5.69. The first-order chi connectivity index (χ1) is 15.5. The van der Waals surface area contributed by atoms with Crippen molar-refractivity contribution in [1.82, 2.24) is 4.90 Å². The quantitative estimate of drug-likeness (QED) is 0.483. The van der Waals surface area contributed by atoms with E-state index in [1.54, 1.807) is 24.3 Å². The summed E-state index contributed by atoms with van der Waals surface area (Å²) in [4.78, 5) is 2.70. The van der Waals surface area contributed by atoms with E-state index < -0.39 is 10.0 Å². The van der Waals surface area contributed by atoms with Gasteiger partial charge in [0.2, 0.25) is 0 Å². The van der Waals surface area contributed by atoms with Gasteiger partial charge in [0, 0.05) is 12.2 Å². The Morgan fingerprint density at radius 2 is 1.69 bits per heavy atom. The first-order valence-corrected chi connectivity index (χ1v) is 12.6. The summed E-state index contributed by atoms with van der Waals surface area (Å²) in [5.74, 6) is 1.15. The normalized spacial score (nSPS) is 16.7. The summed E-state index contributed by atoms with van der Waals surface area (Å²) in [5, 5.41) is 0. The molecule has 1 saturated heterocycles. The molecule has 5 nitrogen and oxygen atoms in total. The predicted molar refractivity (Wildman–Crippen MR) is 129 cm³/mol. The highest BCUT2D eigenvalue weighted by molar-refractivity contribution is 7.92. The van der Waals surface area contributed by atoms with Gasteiger partial charge in [-0.3, -0.25) is 4.72 Å². The summed E-state index contributed by atoms with van der Waals surface area (Å²) in [6.45, 7) is 6.01. The van der Waals surface area contributed by atoms with Crippen LogP contribution in [0.4, 0.5) is 5.69 Å². The van der Waals surface area contributed by atoms with Crippen molar-refractivity contribution in [2.24, 2.45) is 0 Å². The molecule has 4 rings (SSSR count). The summed E-state index contributed by atoms with van der Waals surface area (Å²) in [5.41, 5.74) is 2.90. The molecule has 3 aromatic rings. The predicted octanol–water partition coefficient (Wildman–Crippen LogP) is 5.27. The molecule has 0 saturated carbocycles. The number of hydrogen-bond donors (Lipinski definition) is 1. The van der Waals surface area contributed by atoms with Crippen LogP contribution in [0, 0.1) is 0 Å². The number of nitrogens with one attached hydrogen (secondary N) is 1. The Morgan fingerprint density at radius 3 is 2.38 bits per heavy atom. The third-order valence-corrected chi connectivity index (χ3v) is 7.23. The Hall–Kier alpha value is -2.83. The van der Waals surface area contributed by atoms with Crippen LogP contribution < -0.4 is 9.46 Å². The number of nitrogens with zero attached hydrogens (tertiary/aromatic N) is 1. The van der Waals surface area contributed by atoms with Gasteiger partial charge in [-0.25, -0.2) is 8.42 Å². The molecule has 0 bridgehead atoms. The zero-order valence-electron chi connectivity index (χ0n) is 18.4. The van der Waals surface area contributed by atoms with Gasteiger partial charge in [-0.05, 0) is 79.4 Å². The maximum absolute atomic E-state index is 12.8. The molecule has 1 fully saturated rings. The lowest BCUT2D eigenvalue weighted by atomic mass is 9.98. The number of ether oxygens (including phenoxy) is 1. The summed E-state index contributed by atoms with van der Waals surface area (Å²) in [6, 6.07) is 24.1. The second-order valence-electron chi connectivity index (χ2n) is 8.26. The van der Waals surface area contributed by atoms with E-state index in [0.717, 1.165) is 31.6 Å².